The van der Waals surface area contributed by atoms with Crippen molar-refractivity contribution in [1.29, 1.82) is 0 Å². The van der Waals surface area contributed by atoms with E-state index in [2.05, 4.69) is 45.9 Å². The molecule has 1 aliphatic rings. The van der Waals surface area contributed by atoms with Gasteiger partial charge in [-0.05, 0) is 44.6 Å². The van der Waals surface area contributed by atoms with E-state index in [4.69, 9.17) is 5.11 Å². The normalized spacial score (nSPS) is 23.9. The lowest BCUT2D eigenvalue weighted by atomic mass is 9.71. The smallest absolute Gasteiger partial charge is 0.0617 e. The molecule has 1 atom stereocenters. The summed E-state index contributed by atoms with van der Waals surface area (Å²) in [4.78, 5) is 0. The van der Waals surface area contributed by atoms with Crippen molar-refractivity contribution in [1.82, 2.24) is 0 Å². The Balaban J connectivity index is 2.82. The van der Waals surface area contributed by atoms with Gasteiger partial charge < -0.3 is 10.2 Å². The molecule has 2 nitrogen and oxygen atoms in total. The van der Waals surface area contributed by atoms with E-state index in [1.54, 1.807) is 6.08 Å². The Kier molecular flexibility index (Phi) is 7.05. The minimum atomic E-state index is -0.215. The fourth-order valence-electron chi connectivity index (χ4n) is 3.01. The number of allylic oxidation sites excluding steroid dienone is 8. The Hall–Kier alpha value is -1.38. The Bertz CT molecular complexity index is 528. The van der Waals surface area contributed by atoms with Gasteiger partial charge in [0.2, 0.25) is 0 Å². The predicted octanol–water partition coefficient (Wildman–Crippen LogP) is 4.48. The van der Waals surface area contributed by atoms with Crippen LogP contribution in [0.5, 0.6) is 0 Å². The largest absolute Gasteiger partial charge is 0.393 e. The molecule has 0 aliphatic heterocycles. The lowest BCUT2D eigenvalue weighted by molar-refractivity contribution is 0.116. The van der Waals surface area contributed by atoms with E-state index < -0.39 is 0 Å². The summed E-state index contributed by atoms with van der Waals surface area (Å²) in [6.45, 7) is 10.6. The molecular formula is C20H30O2. The number of rotatable bonds is 5. The van der Waals surface area contributed by atoms with Gasteiger partial charge in [0.1, 0.15) is 0 Å². The SMILES string of the molecule is CC1=C(/C=C/C(C)=C/C=C/C(C)=C/CO)C(C)(C)C[C@H](O)C1. The summed E-state index contributed by atoms with van der Waals surface area (Å²) < 4.78 is 0. The average Bonchev–Trinajstić information content (AvgIpc) is 2.36. The molecule has 0 aromatic rings. The molecule has 0 saturated heterocycles. The second kappa shape index (κ2) is 8.30. The predicted molar refractivity (Wildman–Crippen MR) is 94.6 cm³/mol. The molecule has 2 N–H and O–H groups in total. The van der Waals surface area contributed by atoms with Crippen molar-refractivity contribution in [2.24, 2.45) is 5.41 Å². The molecule has 122 valence electrons. The molecule has 0 unspecified atom stereocenters. The lowest BCUT2D eigenvalue weighted by Gasteiger charge is -2.35. The van der Waals surface area contributed by atoms with Crippen molar-refractivity contribution in [3.8, 4) is 0 Å². The van der Waals surface area contributed by atoms with Gasteiger partial charge in [0, 0.05) is 0 Å². The van der Waals surface area contributed by atoms with Crippen LogP contribution >= 0.6 is 0 Å². The van der Waals surface area contributed by atoms with Crippen LogP contribution < -0.4 is 0 Å². The van der Waals surface area contributed by atoms with Crippen molar-refractivity contribution in [2.45, 2.75) is 53.6 Å². The molecule has 0 heterocycles. The van der Waals surface area contributed by atoms with Crippen molar-refractivity contribution >= 4 is 0 Å². The van der Waals surface area contributed by atoms with Gasteiger partial charge in [0.15, 0.2) is 0 Å². The van der Waals surface area contributed by atoms with Crippen LogP contribution in [0.1, 0.15) is 47.5 Å². The van der Waals surface area contributed by atoms with E-state index in [1.165, 1.54) is 16.7 Å². The van der Waals surface area contributed by atoms with E-state index in [0.717, 1.165) is 18.4 Å². The van der Waals surface area contributed by atoms with E-state index >= 15 is 0 Å². The van der Waals surface area contributed by atoms with Gasteiger partial charge in [-0.3, -0.25) is 0 Å². The van der Waals surface area contributed by atoms with Gasteiger partial charge in [-0.15, -0.1) is 0 Å². The fourth-order valence-corrected chi connectivity index (χ4v) is 3.01. The third-order valence-corrected chi connectivity index (χ3v) is 4.12. The summed E-state index contributed by atoms with van der Waals surface area (Å²) in [5.41, 5.74) is 4.87. The molecule has 0 saturated carbocycles. The highest BCUT2D eigenvalue weighted by molar-refractivity contribution is 5.37. The molecule has 0 radical (unpaired) electrons. The summed E-state index contributed by atoms with van der Waals surface area (Å²) in [5, 5.41) is 18.7. The van der Waals surface area contributed by atoms with Gasteiger partial charge in [0.05, 0.1) is 12.7 Å². The van der Waals surface area contributed by atoms with Crippen molar-refractivity contribution in [2.75, 3.05) is 6.61 Å². The minimum Gasteiger partial charge on any atom is -0.393 e. The molecule has 0 aromatic heterocycles. The fraction of sp³-hybridized carbons (Fsp3) is 0.500. The van der Waals surface area contributed by atoms with Crippen LogP contribution in [-0.2, 0) is 0 Å². The van der Waals surface area contributed by atoms with Gasteiger partial charge in [-0.25, -0.2) is 0 Å². The van der Waals surface area contributed by atoms with Crippen LogP contribution in [0.4, 0.5) is 0 Å². The summed E-state index contributed by atoms with van der Waals surface area (Å²) in [6.07, 6.45) is 13.5. The van der Waals surface area contributed by atoms with Crippen molar-refractivity contribution in [3.63, 3.8) is 0 Å². The Morgan fingerprint density at radius 3 is 2.50 bits per heavy atom. The van der Waals surface area contributed by atoms with Crippen LogP contribution in [0, 0.1) is 5.41 Å². The van der Waals surface area contributed by atoms with Gasteiger partial charge in [-0.2, -0.15) is 0 Å². The summed E-state index contributed by atoms with van der Waals surface area (Å²) in [6, 6.07) is 0. The highest BCUT2D eigenvalue weighted by Crippen LogP contribution is 2.40. The average molecular weight is 302 g/mol. The monoisotopic (exact) mass is 302 g/mol. The maximum absolute atomic E-state index is 9.92. The molecule has 1 rings (SSSR count). The van der Waals surface area contributed by atoms with E-state index in [9.17, 15) is 5.11 Å². The Morgan fingerprint density at radius 1 is 1.23 bits per heavy atom. The molecule has 1 aliphatic carbocycles. The van der Waals surface area contributed by atoms with Gasteiger partial charge >= 0.3 is 0 Å². The van der Waals surface area contributed by atoms with Crippen LogP contribution in [0.3, 0.4) is 0 Å². The molecule has 0 bridgehead atoms. The van der Waals surface area contributed by atoms with Crippen LogP contribution in [0.2, 0.25) is 0 Å². The summed E-state index contributed by atoms with van der Waals surface area (Å²) in [5.74, 6) is 0. The molecule has 2 heteroatoms. The third kappa shape index (κ3) is 5.78. The lowest BCUT2D eigenvalue weighted by Crippen LogP contribution is -2.28. The molecule has 0 amide bonds. The molecular weight excluding hydrogens is 272 g/mol. The van der Waals surface area contributed by atoms with Crippen LogP contribution in [0.25, 0.3) is 0 Å². The van der Waals surface area contributed by atoms with Crippen molar-refractivity contribution in [3.05, 3.63) is 58.7 Å². The first-order valence-corrected chi connectivity index (χ1v) is 7.95. The maximum Gasteiger partial charge on any atom is 0.0617 e. The second-order valence-electron chi connectivity index (χ2n) is 6.87. The summed E-state index contributed by atoms with van der Waals surface area (Å²) >= 11 is 0. The zero-order valence-corrected chi connectivity index (χ0v) is 14.6. The van der Waals surface area contributed by atoms with Gasteiger partial charge in [-0.1, -0.05) is 67.0 Å². The number of aliphatic hydroxyl groups excluding tert-OH is 2. The zero-order valence-electron chi connectivity index (χ0n) is 14.6. The topological polar surface area (TPSA) is 40.5 Å². The molecule has 22 heavy (non-hydrogen) atoms. The highest BCUT2D eigenvalue weighted by atomic mass is 16.3. The maximum atomic E-state index is 9.92. The Labute approximate surface area is 135 Å². The quantitative estimate of drug-likeness (QED) is 0.735. The molecule has 0 aromatic carbocycles. The number of hydrogen-bond acceptors (Lipinski definition) is 2. The number of hydrogen-bond donors (Lipinski definition) is 2. The summed E-state index contributed by atoms with van der Waals surface area (Å²) in [7, 11) is 0. The first kappa shape index (κ1) is 18.7. The minimum absolute atomic E-state index is 0.0226. The molecule has 0 fully saturated rings. The number of aliphatic hydroxyl groups is 2. The second-order valence-corrected chi connectivity index (χ2v) is 6.87. The standard InChI is InChI=1S/C20H30O2/c1-15(7-6-8-16(2)11-12-21)9-10-19-17(3)13-18(22)14-20(19,4)5/h6-11,18,21-22H,12-14H2,1-5H3/b8-6+,10-9+,15-7+,16-11+/t18-/m1/s1. The third-order valence-electron chi connectivity index (χ3n) is 4.12. The van der Waals surface area contributed by atoms with E-state index in [1.807, 2.05) is 19.1 Å². The first-order chi connectivity index (χ1) is 10.3. The molecule has 0 spiro atoms. The van der Waals surface area contributed by atoms with Crippen LogP contribution in [-0.4, -0.2) is 22.9 Å². The zero-order chi connectivity index (χ0) is 16.8. The van der Waals surface area contributed by atoms with E-state index in [-0.39, 0.29) is 18.1 Å². The Morgan fingerprint density at radius 2 is 1.91 bits per heavy atom. The first-order valence-electron chi connectivity index (χ1n) is 7.95. The highest BCUT2D eigenvalue weighted by Gasteiger charge is 2.31. The van der Waals surface area contributed by atoms with Gasteiger partial charge in [0.25, 0.3) is 0 Å². The van der Waals surface area contributed by atoms with Crippen LogP contribution in [0.15, 0.2) is 58.7 Å². The van der Waals surface area contributed by atoms with E-state index in [0.29, 0.717) is 0 Å². The van der Waals surface area contributed by atoms with Crippen molar-refractivity contribution < 1.29 is 10.2 Å².